The van der Waals surface area contributed by atoms with E-state index in [1.807, 2.05) is 24.3 Å². The van der Waals surface area contributed by atoms with Crippen molar-refractivity contribution in [2.75, 3.05) is 0 Å². The number of ether oxygens (including phenoxy) is 1. The van der Waals surface area contributed by atoms with Crippen LogP contribution in [0.4, 0.5) is 0 Å². The van der Waals surface area contributed by atoms with E-state index in [9.17, 15) is 14.4 Å². The third-order valence-electron chi connectivity index (χ3n) is 7.68. The maximum absolute atomic E-state index is 13.0. The number of Topliss-reactive ketones (excluding diaryl/α,β-unsaturated/α-hetero) is 1. The van der Waals surface area contributed by atoms with E-state index >= 15 is 0 Å². The van der Waals surface area contributed by atoms with Gasteiger partial charge in [0.1, 0.15) is 11.9 Å². The topological polar surface area (TPSA) is 60.4 Å². The second-order valence-corrected chi connectivity index (χ2v) is 9.17. The first-order chi connectivity index (χ1) is 14.0. The van der Waals surface area contributed by atoms with Gasteiger partial charge >= 0.3 is 5.97 Å². The molecule has 1 aromatic rings. The molecule has 0 N–H and O–H groups in total. The van der Waals surface area contributed by atoms with Crippen molar-refractivity contribution in [3.05, 3.63) is 58.7 Å². The lowest BCUT2D eigenvalue weighted by Gasteiger charge is -2.47. The third kappa shape index (κ3) is 2.92. The van der Waals surface area contributed by atoms with Gasteiger partial charge < -0.3 is 4.74 Å². The van der Waals surface area contributed by atoms with E-state index in [-0.39, 0.29) is 35.5 Å². The van der Waals surface area contributed by atoms with Crippen LogP contribution in [0.1, 0.15) is 62.2 Å². The molecule has 0 heterocycles. The lowest BCUT2D eigenvalue weighted by Crippen LogP contribution is -2.44. The summed E-state index contributed by atoms with van der Waals surface area (Å²) in [5.74, 6) is 0.436. The van der Waals surface area contributed by atoms with Gasteiger partial charge in [0.05, 0.1) is 5.56 Å². The van der Waals surface area contributed by atoms with Crippen LogP contribution in [0.15, 0.2) is 53.1 Å². The minimum Gasteiger partial charge on any atom is -0.458 e. The first-order valence-corrected chi connectivity index (χ1v) is 10.7. The Balaban J connectivity index is 1.48. The molecule has 0 amide bonds. The smallest absolute Gasteiger partial charge is 0.338 e. The molecule has 0 saturated heterocycles. The molecule has 4 aliphatic rings. The summed E-state index contributed by atoms with van der Waals surface area (Å²) in [6.45, 7) is 2.08. The molecule has 0 spiro atoms. The maximum Gasteiger partial charge on any atom is 0.338 e. The van der Waals surface area contributed by atoms with Crippen LogP contribution in [-0.4, -0.2) is 23.6 Å². The quantitative estimate of drug-likeness (QED) is 0.693. The van der Waals surface area contributed by atoms with Gasteiger partial charge in [-0.05, 0) is 67.4 Å². The zero-order chi connectivity index (χ0) is 20.2. The number of hydrogen-bond acceptors (Lipinski definition) is 4. The average Bonchev–Trinajstić information content (AvgIpc) is 2.98. The summed E-state index contributed by atoms with van der Waals surface area (Å²) in [4.78, 5) is 37.6. The summed E-state index contributed by atoms with van der Waals surface area (Å²) in [7, 11) is 0. The van der Waals surface area contributed by atoms with Crippen LogP contribution in [-0.2, 0) is 14.3 Å². The maximum atomic E-state index is 13.0. The van der Waals surface area contributed by atoms with Crippen LogP contribution >= 0.6 is 0 Å². The van der Waals surface area contributed by atoms with Crippen molar-refractivity contribution < 1.29 is 19.1 Å². The zero-order valence-corrected chi connectivity index (χ0v) is 16.8. The second kappa shape index (κ2) is 6.79. The van der Waals surface area contributed by atoms with E-state index in [2.05, 4.69) is 6.92 Å². The van der Waals surface area contributed by atoms with E-state index in [4.69, 9.17) is 4.74 Å². The van der Waals surface area contributed by atoms with Crippen molar-refractivity contribution in [3.8, 4) is 0 Å². The molecular formula is C25H26O4. The van der Waals surface area contributed by atoms with Crippen molar-refractivity contribution in [3.63, 3.8) is 0 Å². The molecule has 4 nitrogen and oxygen atoms in total. The second-order valence-electron chi connectivity index (χ2n) is 9.17. The summed E-state index contributed by atoms with van der Waals surface area (Å²) in [6, 6.07) is 9.02. The van der Waals surface area contributed by atoms with Crippen LogP contribution in [0, 0.1) is 17.3 Å². The molecule has 1 aromatic carbocycles. The number of hydrogen-bond donors (Lipinski definition) is 0. The van der Waals surface area contributed by atoms with Crippen molar-refractivity contribution in [2.45, 2.75) is 58.0 Å². The van der Waals surface area contributed by atoms with E-state index in [0.717, 1.165) is 32.1 Å². The highest BCUT2D eigenvalue weighted by atomic mass is 16.5. The fraction of sp³-hybridized carbons (Fsp3) is 0.480. The molecule has 0 aliphatic heterocycles. The number of carbonyl (C=O) groups is 3. The molecule has 0 bridgehead atoms. The van der Waals surface area contributed by atoms with Gasteiger partial charge in [-0.3, -0.25) is 9.59 Å². The summed E-state index contributed by atoms with van der Waals surface area (Å²) < 4.78 is 5.95. The molecular weight excluding hydrogens is 364 g/mol. The molecule has 2 fully saturated rings. The zero-order valence-electron chi connectivity index (χ0n) is 16.8. The molecule has 5 rings (SSSR count). The standard InChI is InChI=1S/C25H26O4/c1-25-12-11-19-18-10-8-17(26)13-16(18)7-9-20(19)23(25)21(14-22(25)27)29-24(28)15-5-3-2-4-6-15/h2-6,13,20-21,23H,7-12,14H2,1H3/t20-,21+,23-,25-/m1/s1. The van der Waals surface area contributed by atoms with Crippen LogP contribution in [0.3, 0.4) is 0 Å². The van der Waals surface area contributed by atoms with Crippen molar-refractivity contribution in [2.24, 2.45) is 17.3 Å². The molecule has 150 valence electrons. The molecule has 0 unspecified atom stereocenters. The van der Waals surface area contributed by atoms with E-state index < -0.39 is 5.41 Å². The molecule has 0 radical (unpaired) electrons. The van der Waals surface area contributed by atoms with Gasteiger partial charge in [-0.1, -0.05) is 30.7 Å². The van der Waals surface area contributed by atoms with Crippen LogP contribution in [0.25, 0.3) is 0 Å². The Labute approximate surface area is 171 Å². The van der Waals surface area contributed by atoms with Gasteiger partial charge in [0.15, 0.2) is 5.78 Å². The minimum atomic E-state index is -0.415. The Morgan fingerprint density at radius 1 is 1.07 bits per heavy atom. The number of benzene rings is 1. The number of rotatable bonds is 2. The fourth-order valence-corrected chi connectivity index (χ4v) is 6.23. The molecule has 0 aromatic heterocycles. The Kier molecular flexibility index (Phi) is 4.34. The molecule has 4 heteroatoms. The summed E-state index contributed by atoms with van der Waals surface area (Å²) in [6.07, 6.45) is 6.75. The number of fused-ring (bicyclic) bond motifs is 4. The average molecular weight is 390 g/mol. The van der Waals surface area contributed by atoms with Crippen LogP contribution in [0.5, 0.6) is 0 Å². The van der Waals surface area contributed by atoms with Gasteiger partial charge in [-0.25, -0.2) is 4.79 Å². The predicted octanol–water partition coefficient (Wildman–Crippen LogP) is 4.60. The molecule has 4 aliphatic carbocycles. The summed E-state index contributed by atoms with van der Waals surface area (Å²) >= 11 is 0. The highest BCUT2D eigenvalue weighted by Crippen LogP contribution is 2.59. The fourth-order valence-electron chi connectivity index (χ4n) is 6.23. The lowest BCUT2D eigenvalue weighted by atomic mass is 9.57. The highest BCUT2D eigenvalue weighted by Gasteiger charge is 2.59. The number of esters is 1. The third-order valence-corrected chi connectivity index (χ3v) is 7.68. The van der Waals surface area contributed by atoms with Crippen LogP contribution in [0.2, 0.25) is 0 Å². The van der Waals surface area contributed by atoms with Gasteiger partial charge in [0.2, 0.25) is 0 Å². The Morgan fingerprint density at radius 2 is 1.86 bits per heavy atom. The number of allylic oxidation sites excluding steroid dienone is 4. The van der Waals surface area contributed by atoms with E-state index in [1.165, 1.54) is 16.7 Å². The normalized spacial score (nSPS) is 33.6. The summed E-state index contributed by atoms with van der Waals surface area (Å²) in [5.41, 5.74) is 4.10. The largest absolute Gasteiger partial charge is 0.458 e. The van der Waals surface area contributed by atoms with Crippen LogP contribution < -0.4 is 0 Å². The van der Waals surface area contributed by atoms with Crippen molar-refractivity contribution in [1.82, 2.24) is 0 Å². The lowest BCUT2D eigenvalue weighted by molar-refractivity contribution is -0.128. The number of ketones is 2. The van der Waals surface area contributed by atoms with Crippen molar-refractivity contribution in [1.29, 1.82) is 0 Å². The Hall–Kier alpha value is -2.49. The van der Waals surface area contributed by atoms with E-state index in [1.54, 1.807) is 12.1 Å². The molecule has 2 saturated carbocycles. The van der Waals surface area contributed by atoms with Gasteiger partial charge in [-0.2, -0.15) is 0 Å². The van der Waals surface area contributed by atoms with Gasteiger partial charge in [0, 0.05) is 24.2 Å². The SMILES string of the molecule is C[C@]12CCC3=C4CCC(=O)C=C4CC[C@H]3[C@@H]1[C@@H](OC(=O)c1ccccc1)CC2=O. The summed E-state index contributed by atoms with van der Waals surface area (Å²) in [5, 5.41) is 0. The Morgan fingerprint density at radius 3 is 2.66 bits per heavy atom. The molecule has 4 atom stereocenters. The highest BCUT2D eigenvalue weighted by molar-refractivity contribution is 5.93. The Bertz CT molecular complexity index is 954. The molecule has 29 heavy (non-hydrogen) atoms. The monoisotopic (exact) mass is 390 g/mol. The van der Waals surface area contributed by atoms with Gasteiger partial charge in [-0.15, -0.1) is 0 Å². The first kappa shape index (κ1) is 18.5. The van der Waals surface area contributed by atoms with E-state index in [0.29, 0.717) is 18.4 Å². The van der Waals surface area contributed by atoms with Crippen molar-refractivity contribution >= 4 is 17.5 Å². The minimum absolute atomic E-state index is 0.0399. The van der Waals surface area contributed by atoms with Gasteiger partial charge in [0.25, 0.3) is 0 Å². The predicted molar refractivity (Wildman–Crippen MR) is 108 cm³/mol. The first-order valence-electron chi connectivity index (χ1n) is 10.7. The number of carbonyl (C=O) groups excluding carboxylic acids is 3.